The Hall–Kier alpha value is -2.80. The maximum atomic E-state index is 11.1. The number of carboxylic acids is 1. The summed E-state index contributed by atoms with van der Waals surface area (Å²) in [7, 11) is 0. The van der Waals surface area contributed by atoms with Crippen molar-refractivity contribution in [2.45, 2.75) is 64.2 Å². The number of aliphatic carboxylic acids is 1. The van der Waals surface area contributed by atoms with Gasteiger partial charge < -0.3 is 9.84 Å². The number of carbonyl (C=O) groups is 1. The van der Waals surface area contributed by atoms with E-state index in [1.54, 1.807) is 0 Å². The second-order valence-electron chi connectivity index (χ2n) is 6.27. The van der Waals surface area contributed by atoms with E-state index in [1.807, 2.05) is 0 Å². The fraction of sp³-hybridized carbons (Fsp3) is 0.611. The molecule has 0 amide bonds. The number of benzene rings is 1. The number of rotatable bonds is 15. The van der Waals surface area contributed by atoms with E-state index in [2.05, 4.69) is 10.0 Å². The van der Waals surface area contributed by atoms with Crippen LogP contribution in [-0.2, 0) is 4.79 Å². The van der Waals surface area contributed by atoms with E-state index in [0.717, 1.165) is 57.8 Å². The van der Waals surface area contributed by atoms with Crippen LogP contribution in [-0.4, -0.2) is 22.6 Å². The van der Waals surface area contributed by atoms with Gasteiger partial charge in [-0.25, -0.2) is 0 Å². The van der Waals surface area contributed by atoms with Crippen molar-refractivity contribution in [2.24, 2.45) is 5.11 Å². The molecule has 0 spiro atoms. The number of nitrogens with zero attached hydrogens (tertiary/aromatic N) is 4. The zero-order valence-corrected chi connectivity index (χ0v) is 15.4. The van der Waals surface area contributed by atoms with Crippen molar-refractivity contribution in [1.82, 2.24) is 0 Å². The summed E-state index contributed by atoms with van der Waals surface area (Å²) in [5.41, 5.74) is 8.36. The smallest absolute Gasteiger partial charge is 0.311 e. The number of carboxylic acid groups (broad SMARTS) is 1. The fourth-order valence-corrected chi connectivity index (χ4v) is 2.68. The second-order valence-corrected chi connectivity index (χ2v) is 6.27. The standard InChI is InChI=1S/C18H26N4O5/c19-21-20-15-11-12-17(16(14-15)22(25)26)27-13-9-7-5-3-1-2-4-6-8-10-18(23)24/h11-12,14H,1-10,13H2,(H,23,24). The predicted molar refractivity (Wildman–Crippen MR) is 101 cm³/mol. The Morgan fingerprint density at radius 1 is 1.11 bits per heavy atom. The van der Waals surface area contributed by atoms with Gasteiger partial charge in [-0.15, -0.1) is 0 Å². The average molecular weight is 378 g/mol. The zero-order valence-electron chi connectivity index (χ0n) is 15.4. The van der Waals surface area contributed by atoms with Crippen LogP contribution in [0.15, 0.2) is 23.3 Å². The van der Waals surface area contributed by atoms with Crippen molar-refractivity contribution in [3.8, 4) is 5.75 Å². The van der Waals surface area contributed by atoms with Crippen LogP contribution in [0.3, 0.4) is 0 Å². The third-order valence-electron chi connectivity index (χ3n) is 4.09. The number of azide groups is 1. The third kappa shape index (κ3) is 10.1. The summed E-state index contributed by atoms with van der Waals surface area (Å²) >= 11 is 0. The Balaban J connectivity index is 2.14. The highest BCUT2D eigenvalue weighted by atomic mass is 16.6. The Kier molecular flexibility index (Phi) is 11.0. The van der Waals surface area contributed by atoms with Crippen LogP contribution in [0.1, 0.15) is 64.2 Å². The molecular formula is C18H26N4O5. The Bertz CT molecular complexity index is 659. The number of unbranched alkanes of at least 4 members (excludes halogenated alkanes) is 8. The Morgan fingerprint density at radius 2 is 1.70 bits per heavy atom. The number of hydrogen-bond acceptors (Lipinski definition) is 5. The molecular weight excluding hydrogens is 352 g/mol. The van der Waals surface area contributed by atoms with E-state index in [1.165, 1.54) is 18.2 Å². The maximum absolute atomic E-state index is 11.1. The monoisotopic (exact) mass is 378 g/mol. The Labute approximate surface area is 158 Å². The lowest BCUT2D eigenvalue weighted by Crippen LogP contribution is -2.00. The highest BCUT2D eigenvalue weighted by Gasteiger charge is 2.15. The van der Waals surface area contributed by atoms with Gasteiger partial charge in [0.05, 0.1) is 11.5 Å². The van der Waals surface area contributed by atoms with Crippen molar-refractivity contribution in [2.75, 3.05) is 6.61 Å². The molecule has 27 heavy (non-hydrogen) atoms. The summed E-state index contributed by atoms with van der Waals surface area (Å²) in [6, 6.07) is 4.14. The van der Waals surface area contributed by atoms with E-state index in [4.69, 9.17) is 15.4 Å². The fourth-order valence-electron chi connectivity index (χ4n) is 2.68. The van der Waals surface area contributed by atoms with E-state index in [-0.39, 0.29) is 23.5 Å². The molecule has 0 aliphatic carbocycles. The molecule has 1 N–H and O–H groups in total. The van der Waals surface area contributed by atoms with Gasteiger partial charge in [0, 0.05) is 23.1 Å². The van der Waals surface area contributed by atoms with Gasteiger partial charge in [0.1, 0.15) is 0 Å². The summed E-state index contributed by atoms with van der Waals surface area (Å²) < 4.78 is 5.50. The molecule has 0 radical (unpaired) electrons. The summed E-state index contributed by atoms with van der Waals surface area (Å²) in [5, 5.41) is 23.0. The van der Waals surface area contributed by atoms with Crippen LogP contribution in [0, 0.1) is 10.1 Å². The van der Waals surface area contributed by atoms with Crippen molar-refractivity contribution >= 4 is 17.3 Å². The molecule has 0 saturated carbocycles. The average Bonchev–Trinajstić information content (AvgIpc) is 2.63. The molecule has 0 aliphatic heterocycles. The first-order valence-corrected chi connectivity index (χ1v) is 9.22. The molecule has 148 valence electrons. The molecule has 0 atom stereocenters. The predicted octanol–water partition coefficient (Wildman–Crippen LogP) is 5.90. The molecule has 0 aliphatic rings. The summed E-state index contributed by atoms with van der Waals surface area (Å²) in [4.78, 5) is 23.5. The van der Waals surface area contributed by atoms with Gasteiger partial charge in [0.25, 0.3) is 0 Å². The highest BCUT2D eigenvalue weighted by Crippen LogP contribution is 2.31. The minimum Gasteiger partial charge on any atom is -0.487 e. The van der Waals surface area contributed by atoms with Gasteiger partial charge in [0.15, 0.2) is 5.75 Å². The molecule has 1 aromatic carbocycles. The lowest BCUT2D eigenvalue weighted by molar-refractivity contribution is -0.385. The van der Waals surface area contributed by atoms with Crippen LogP contribution in [0.4, 0.5) is 11.4 Å². The molecule has 9 heteroatoms. The van der Waals surface area contributed by atoms with Crippen molar-refractivity contribution < 1.29 is 19.6 Å². The van der Waals surface area contributed by atoms with Crippen LogP contribution < -0.4 is 4.74 Å². The molecule has 0 heterocycles. The first-order valence-electron chi connectivity index (χ1n) is 9.22. The van der Waals surface area contributed by atoms with Crippen LogP contribution in [0.5, 0.6) is 5.75 Å². The van der Waals surface area contributed by atoms with Crippen molar-refractivity contribution in [3.05, 3.63) is 38.8 Å². The first kappa shape index (κ1) is 22.2. The van der Waals surface area contributed by atoms with Gasteiger partial charge in [-0.3, -0.25) is 14.9 Å². The molecule has 0 fully saturated rings. The van der Waals surface area contributed by atoms with Gasteiger partial charge in [-0.05, 0) is 30.5 Å². The molecule has 0 unspecified atom stereocenters. The molecule has 1 aromatic rings. The number of nitro groups is 1. The topological polar surface area (TPSA) is 138 Å². The SMILES string of the molecule is [N-]=[N+]=Nc1ccc(OCCCCCCCCCCCC(=O)O)c([N+](=O)[O-])c1. The highest BCUT2D eigenvalue weighted by molar-refractivity contribution is 5.66. The molecule has 1 rings (SSSR count). The molecule has 0 bridgehead atoms. The van der Waals surface area contributed by atoms with E-state index < -0.39 is 10.9 Å². The van der Waals surface area contributed by atoms with Crippen LogP contribution >= 0.6 is 0 Å². The summed E-state index contributed by atoms with van der Waals surface area (Å²) in [5.74, 6) is -0.549. The van der Waals surface area contributed by atoms with Gasteiger partial charge in [0.2, 0.25) is 0 Å². The van der Waals surface area contributed by atoms with E-state index in [9.17, 15) is 14.9 Å². The van der Waals surface area contributed by atoms with Crippen LogP contribution in [0.2, 0.25) is 0 Å². The molecule has 0 aromatic heterocycles. The summed E-state index contributed by atoms with van der Waals surface area (Å²) in [6.45, 7) is 0.400. The second kappa shape index (κ2) is 13.4. The maximum Gasteiger partial charge on any atom is 0.311 e. The quantitative estimate of drug-likeness (QED) is 0.101. The zero-order chi connectivity index (χ0) is 19.9. The van der Waals surface area contributed by atoms with Gasteiger partial charge in [-0.2, -0.15) is 0 Å². The largest absolute Gasteiger partial charge is 0.487 e. The van der Waals surface area contributed by atoms with Crippen LogP contribution in [0.25, 0.3) is 10.4 Å². The Morgan fingerprint density at radius 3 is 2.26 bits per heavy atom. The minimum atomic E-state index is -0.728. The lowest BCUT2D eigenvalue weighted by atomic mass is 10.1. The number of hydrogen-bond donors (Lipinski definition) is 1. The molecule has 9 nitrogen and oxygen atoms in total. The van der Waals surface area contributed by atoms with E-state index >= 15 is 0 Å². The lowest BCUT2D eigenvalue weighted by Gasteiger charge is -2.07. The molecule has 0 saturated heterocycles. The normalized spacial score (nSPS) is 10.2. The summed E-state index contributed by atoms with van der Waals surface area (Å²) in [6.07, 6.45) is 9.33. The van der Waals surface area contributed by atoms with Gasteiger partial charge in [-0.1, -0.05) is 50.1 Å². The van der Waals surface area contributed by atoms with E-state index in [0.29, 0.717) is 6.61 Å². The first-order chi connectivity index (χ1) is 13.0. The third-order valence-corrected chi connectivity index (χ3v) is 4.09. The van der Waals surface area contributed by atoms with Crippen molar-refractivity contribution in [1.29, 1.82) is 0 Å². The van der Waals surface area contributed by atoms with Crippen molar-refractivity contribution in [3.63, 3.8) is 0 Å². The number of ether oxygens (including phenoxy) is 1. The number of nitro benzene ring substituents is 1. The van der Waals surface area contributed by atoms with Gasteiger partial charge >= 0.3 is 11.7 Å². The minimum absolute atomic E-state index is 0.179.